The van der Waals surface area contributed by atoms with Gasteiger partial charge in [-0.1, -0.05) is 74.8 Å². The number of anilines is 1. The lowest BCUT2D eigenvalue weighted by molar-refractivity contribution is -0.137. The molecule has 3 aromatic rings. The molecule has 0 saturated heterocycles. The molecule has 7 nitrogen and oxygen atoms in total. The highest BCUT2D eigenvalue weighted by Gasteiger charge is 2.28. The number of rotatable bonds is 11. The van der Waals surface area contributed by atoms with Crippen LogP contribution in [0.25, 0.3) is 0 Å². The first kappa shape index (κ1) is 30.7. The van der Waals surface area contributed by atoms with E-state index in [1.807, 2.05) is 51.1 Å². The van der Waals surface area contributed by atoms with Gasteiger partial charge in [0.15, 0.2) is 11.5 Å². The van der Waals surface area contributed by atoms with Crippen molar-refractivity contribution in [2.45, 2.75) is 40.4 Å². The average Bonchev–Trinajstić information content (AvgIpc) is 2.93. The Kier molecular flexibility index (Phi) is 10.8. The van der Waals surface area contributed by atoms with Crippen molar-refractivity contribution in [1.82, 2.24) is 0 Å². The van der Waals surface area contributed by atoms with Crippen molar-refractivity contribution in [1.29, 1.82) is 0 Å². The lowest BCUT2D eigenvalue weighted by atomic mass is 9.93. The van der Waals surface area contributed by atoms with Crippen molar-refractivity contribution in [3.05, 3.63) is 101 Å². The van der Waals surface area contributed by atoms with E-state index in [9.17, 15) is 14.7 Å². The topological polar surface area (TPSA) is 85.3 Å². The number of methoxy groups -OCH3 is 1. The summed E-state index contributed by atoms with van der Waals surface area (Å²) in [7, 11) is 1.51. The minimum absolute atomic E-state index is 0.201. The van der Waals surface area contributed by atoms with Gasteiger partial charge in [0, 0.05) is 34.8 Å². The SMILES string of the molecule is CCOC(=O)/C=C/C(=O)N(CC(C)(C)C)c1ccc(Cl)cc1C(O)c1cccc(OCc2ccccc2)c1OC. The Morgan fingerprint density at radius 3 is 2.38 bits per heavy atom. The molecule has 8 heteroatoms. The van der Waals surface area contributed by atoms with Crippen LogP contribution < -0.4 is 14.4 Å². The summed E-state index contributed by atoms with van der Waals surface area (Å²) in [5.41, 5.74) is 1.97. The van der Waals surface area contributed by atoms with Crippen LogP contribution in [0.2, 0.25) is 5.02 Å². The van der Waals surface area contributed by atoms with Gasteiger partial charge in [0.05, 0.1) is 19.4 Å². The summed E-state index contributed by atoms with van der Waals surface area (Å²) in [6.45, 7) is 8.49. The molecule has 1 N–H and O–H groups in total. The number of carbonyl (C=O) groups is 2. The van der Waals surface area contributed by atoms with Crippen LogP contribution in [-0.2, 0) is 20.9 Å². The van der Waals surface area contributed by atoms with Crippen LogP contribution >= 0.6 is 11.6 Å². The second-order valence-electron chi connectivity index (χ2n) is 10.3. The first-order valence-corrected chi connectivity index (χ1v) is 13.4. The molecule has 0 aromatic heterocycles. The van der Waals surface area contributed by atoms with Gasteiger partial charge >= 0.3 is 5.97 Å². The Labute approximate surface area is 240 Å². The number of carbonyl (C=O) groups excluding carboxylic acids is 2. The third-order valence-electron chi connectivity index (χ3n) is 5.87. The smallest absolute Gasteiger partial charge is 0.330 e. The Balaban J connectivity index is 2.03. The van der Waals surface area contributed by atoms with E-state index in [1.165, 1.54) is 18.1 Å². The number of benzene rings is 3. The van der Waals surface area contributed by atoms with E-state index < -0.39 is 18.0 Å². The number of ether oxygens (including phenoxy) is 3. The van der Waals surface area contributed by atoms with Crippen LogP contribution in [0.5, 0.6) is 11.5 Å². The van der Waals surface area contributed by atoms with E-state index in [4.69, 9.17) is 25.8 Å². The monoisotopic (exact) mass is 565 g/mol. The van der Waals surface area contributed by atoms with Crippen LogP contribution in [0, 0.1) is 5.41 Å². The van der Waals surface area contributed by atoms with E-state index in [-0.39, 0.29) is 12.0 Å². The number of amides is 1. The zero-order valence-corrected chi connectivity index (χ0v) is 24.3. The fourth-order valence-corrected chi connectivity index (χ4v) is 4.33. The molecule has 212 valence electrons. The average molecular weight is 566 g/mol. The summed E-state index contributed by atoms with van der Waals surface area (Å²) >= 11 is 6.38. The number of para-hydroxylation sites is 1. The second-order valence-corrected chi connectivity index (χ2v) is 10.8. The lowest BCUT2D eigenvalue weighted by Crippen LogP contribution is -2.38. The van der Waals surface area contributed by atoms with Crippen LogP contribution in [0.15, 0.2) is 78.9 Å². The molecule has 0 spiro atoms. The lowest BCUT2D eigenvalue weighted by Gasteiger charge is -2.32. The third-order valence-corrected chi connectivity index (χ3v) is 6.10. The van der Waals surface area contributed by atoms with E-state index in [0.29, 0.717) is 46.5 Å². The van der Waals surface area contributed by atoms with Crippen LogP contribution in [-0.4, -0.2) is 37.2 Å². The van der Waals surface area contributed by atoms with Crippen molar-refractivity contribution in [3.63, 3.8) is 0 Å². The highest BCUT2D eigenvalue weighted by molar-refractivity contribution is 6.30. The molecule has 1 atom stereocenters. The van der Waals surface area contributed by atoms with E-state index in [2.05, 4.69) is 0 Å². The normalized spacial score (nSPS) is 12.2. The fourth-order valence-electron chi connectivity index (χ4n) is 4.15. The van der Waals surface area contributed by atoms with Crippen LogP contribution in [0.4, 0.5) is 5.69 Å². The maximum atomic E-state index is 13.4. The number of aliphatic hydroxyl groups is 1. The molecular weight excluding hydrogens is 530 g/mol. The van der Waals surface area contributed by atoms with Crippen molar-refractivity contribution in [2.75, 3.05) is 25.2 Å². The molecular formula is C32H36ClNO6. The van der Waals surface area contributed by atoms with Gasteiger partial charge in [0.25, 0.3) is 5.91 Å². The maximum Gasteiger partial charge on any atom is 0.330 e. The molecule has 0 heterocycles. The molecule has 3 aromatic carbocycles. The number of hydrogen-bond acceptors (Lipinski definition) is 6. The Hall–Kier alpha value is -3.81. The largest absolute Gasteiger partial charge is 0.492 e. The minimum atomic E-state index is -1.21. The first-order valence-electron chi connectivity index (χ1n) is 13.0. The van der Waals surface area contributed by atoms with Gasteiger partial charge in [-0.3, -0.25) is 4.79 Å². The maximum absolute atomic E-state index is 13.4. The number of esters is 1. The molecule has 1 amide bonds. The van der Waals surface area contributed by atoms with Crippen molar-refractivity contribution >= 4 is 29.2 Å². The van der Waals surface area contributed by atoms with Gasteiger partial charge in [-0.2, -0.15) is 0 Å². The number of halogens is 1. The predicted octanol–water partition coefficient (Wildman–Crippen LogP) is 6.51. The standard InChI is InChI=1S/C32H36ClNO6/c1-6-39-29(36)18-17-28(35)34(21-32(2,3)4)26-16-15-23(33)19-25(26)30(37)24-13-10-14-27(31(24)38-5)40-20-22-11-8-7-9-12-22/h7-19,30,37H,6,20-21H2,1-5H3/b18-17+. The van der Waals surface area contributed by atoms with Crippen molar-refractivity contribution in [3.8, 4) is 11.5 Å². The summed E-state index contributed by atoms with van der Waals surface area (Å²) < 4.78 is 16.7. The summed E-state index contributed by atoms with van der Waals surface area (Å²) in [5, 5.41) is 12.1. The zero-order valence-electron chi connectivity index (χ0n) is 23.5. The van der Waals surface area contributed by atoms with Crippen molar-refractivity contribution in [2.24, 2.45) is 5.41 Å². The molecule has 1 unspecified atom stereocenters. The molecule has 0 saturated carbocycles. The number of hydrogen-bond donors (Lipinski definition) is 1. The molecule has 0 bridgehead atoms. The molecule has 0 aliphatic carbocycles. The summed E-state index contributed by atoms with van der Waals surface area (Å²) in [5.74, 6) is -0.218. The third kappa shape index (κ3) is 8.34. The van der Waals surface area contributed by atoms with Gasteiger partial charge in [0.2, 0.25) is 0 Å². The van der Waals surface area contributed by atoms with Gasteiger partial charge in [0.1, 0.15) is 12.7 Å². The molecule has 3 rings (SSSR count). The first-order chi connectivity index (χ1) is 19.0. The fraction of sp³-hybridized carbons (Fsp3) is 0.312. The van der Waals surface area contributed by atoms with E-state index in [1.54, 1.807) is 43.3 Å². The summed E-state index contributed by atoms with van der Waals surface area (Å²) in [6, 6.07) is 20.0. The number of aliphatic hydroxyl groups excluding tert-OH is 1. The molecule has 0 aliphatic rings. The van der Waals surface area contributed by atoms with Gasteiger partial charge in [-0.05, 0) is 42.2 Å². The Bertz CT molecular complexity index is 1330. The van der Waals surface area contributed by atoms with Gasteiger partial charge in [-0.15, -0.1) is 0 Å². The van der Waals surface area contributed by atoms with E-state index in [0.717, 1.165) is 11.6 Å². The second kappa shape index (κ2) is 14.0. The van der Waals surface area contributed by atoms with Gasteiger partial charge < -0.3 is 24.2 Å². The molecule has 40 heavy (non-hydrogen) atoms. The van der Waals surface area contributed by atoms with Crippen LogP contribution in [0.1, 0.15) is 50.5 Å². The quantitative estimate of drug-likeness (QED) is 0.211. The zero-order chi connectivity index (χ0) is 29.3. The van der Waals surface area contributed by atoms with Gasteiger partial charge in [-0.25, -0.2) is 4.79 Å². The summed E-state index contributed by atoms with van der Waals surface area (Å²) in [6.07, 6.45) is 1.06. The van der Waals surface area contributed by atoms with Crippen LogP contribution in [0.3, 0.4) is 0 Å². The Morgan fingerprint density at radius 1 is 1.00 bits per heavy atom. The number of nitrogens with zero attached hydrogens (tertiary/aromatic N) is 1. The predicted molar refractivity (Wildman–Crippen MR) is 157 cm³/mol. The highest BCUT2D eigenvalue weighted by atomic mass is 35.5. The molecule has 0 fully saturated rings. The van der Waals surface area contributed by atoms with E-state index >= 15 is 0 Å². The van der Waals surface area contributed by atoms with Crippen molar-refractivity contribution < 1.29 is 28.9 Å². The Morgan fingerprint density at radius 2 is 1.73 bits per heavy atom. The minimum Gasteiger partial charge on any atom is -0.492 e. The molecule has 0 radical (unpaired) electrons. The molecule has 0 aliphatic heterocycles. The summed E-state index contributed by atoms with van der Waals surface area (Å²) in [4.78, 5) is 26.8. The highest BCUT2D eigenvalue weighted by Crippen LogP contribution is 2.41.